The normalized spacial score (nSPS) is 17.6. The average molecular weight is 381 g/mol. The second kappa shape index (κ2) is 13.0. The van der Waals surface area contributed by atoms with Crippen molar-refractivity contribution in [1.82, 2.24) is 10.6 Å². The van der Waals surface area contributed by atoms with Gasteiger partial charge in [-0.2, -0.15) is 0 Å². The average Bonchev–Trinajstić information content (AvgIpc) is 2.95. The van der Waals surface area contributed by atoms with Gasteiger partial charge >= 0.3 is 12.0 Å². The second-order valence-corrected chi connectivity index (χ2v) is 6.64. The molecule has 1 saturated heterocycles. The molecule has 27 heavy (non-hydrogen) atoms. The van der Waals surface area contributed by atoms with E-state index < -0.39 is 18.1 Å². The van der Waals surface area contributed by atoms with Crippen molar-refractivity contribution in [2.75, 3.05) is 6.61 Å². The first-order valence-electron chi connectivity index (χ1n) is 9.81. The number of imide groups is 1. The minimum atomic E-state index is -1.02. The first-order valence-corrected chi connectivity index (χ1v) is 9.81. The van der Waals surface area contributed by atoms with Gasteiger partial charge in [-0.15, -0.1) is 0 Å². The van der Waals surface area contributed by atoms with E-state index in [2.05, 4.69) is 22.5 Å². The molecule has 1 aliphatic rings. The van der Waals surface area contributed by atoms with Crippen LogP contribution < -0.4 is 10.6 Å². The van der Waals surface area contributed by atoms with Crippen LogP contribution in [0.25, 0.3) is 0 Å². The highest BCUT2D eigenvalue weighted by Gasteiger charge is 2.28. The van der Waals surface area contributed by atoms with Gasteiger partial charge in [-0.05, 0) is 26.2 Å². The molecule has 0 aromatic rings. The maximum Gasteiger partial charge on any atom is 0.323 e. The summed E-state index contributed by atoms with van der Waals surface area (Å²) in [6, 6.07) is -0.597. The van der Waals surface area contributed by atoms with E-state index in [0.29, 0.717) is 13.0 Å². The highest BCUT2D eigenvalue weighted by atomic mass is 16.5. The fraction of sp³-hybridized carbons (Fsp3) is 0.737. The number of hydrogen-bond acceptors (Lipinski definition) is 6. The van der Waals surface area contributed by atoms with Crippen LogP contribution >= 0.6 is 0 Å². The van der Waals surface area contributed by atoms with Crippen LogP contribution in [0.4, 0.5) is 4.79 Å². The number of esters is 1. The number of rotatable bonds is 14. The Morgan fingerprint density at radius 1 is 1.11 bits per heavy atom. The van der Waals surface area contributed by atoms with Crippen LogP contribution in [0, 0.1) is 5.92 Å². The Balaban J connectivity index is 2.36. The summed E-state index contributed by atoms with van der Waals surface area (Å²) >= 11 is 0. The molecule has 0 saturated carbocycles. The first-order chi connectivity index (χ1) is 13.0. The van der Waals surface area contributed by atoms with Crippen molar-refractivity contribution in [2.24, 2.45) is 10.9 Å². The van der Waals surface area contributed by atoms with E-state index in [9.17, 15) is 19.2 Å². The monoisotopic (exact) mass is 381 g/mol. The molecule has 8 heteroatoms. The molecule has 0 aromatic heterocycles. The topological polar surface area (TPSA) is 114 Å². The molecule has 2 N–H and O–H groups in total. The number of Topliss-reactive ketones (excluding diaryl/α,β-unsaturated/α-hetero) is 1. The minimum absolute atomic E-state index is 0.107. The number of ether oxygens (including phenoxy) is 1. The lowest BCUT2D eigenvalue weighted by Crippen LogP contribution is -2.28. The van der Waals surface area contributed by atoms with Crippen molar-refractivity contribution < 1.29 is 23.9 Å². The highest BCUT2D eigenvalue weighted by Crippen LogP contribution is 2.18. The van der Waals surface area contributed by atoms with Crippen molar-refractivity contribution >= 4 is 29.9 Å². The molecule has 2 atom stereocenters. The molecule has 1 fully saturated rings. The van der Waals surface area contributed by atoms with Crippen LogP contribution in [-0.4, -0.2) is 42.7 Å². The zero-order chi connectivity index (χ0) is 20.1. The second-order valence-electron chi connectivity index (χ2n) is 6.64. The zero-order valence-electron chi connectivity index (χ0n) is 16.3. The number of unbranched alkanes of at least 4 members (excludes halogenated alkanes) is 4. The van der Waals surface area contributed by atoms with Gasteiger partial charge in [-0.1, -0.05) is 39.0 Å². The fourth-order valence-corrected chi connectivity index (χ4v) is 2.89. The van der Waals surface area contributed by atoms with E-state index in [1.807, 2.05) is 0 Å². The third-order valence-electron chi connectivity index (χ3n) is 4.40. The Morgan fingerprint density at radius 2 is 1.81 bits per heavy atom. The van der Waals surface area contributed by atoms with Crippen LogP contribution in [0.15, 0.2) is 4.99 Å². The van der Waals surface area contributed by atoms with Crippen LogP contribution in [-0.2, 0) is 19.1 Å². The minimum Gasteiger partial charge on any atom is -0.466 e. The molecule has 0 aromatic carbocycles. The van der Waals surface area contributed by atoms with Crippen molar-refractivity contribution in [2.45, 2.75) is 77.8 Å². The highest BCUT2D eigenvalue weighted by molar-refractivity contribution is 6.28. The summed E-state index contributed by atoms with van der Waals surface area (Å²) in [5, 5.41) is 4.41. The summed E-state index contributed by atoms with van der Waals surface area (Å²) in [5.74, 6) is -0.939. The number of carbonyl (C=O) groups is 4. The Hall–Kier alpha value is -2.25. The fourth-order valence-electron chi connectivity index (χ4n) is 2.89. The Morgan fingerprint density at radius 3 is 2.44 bits per heavy atom. The molecule has 152 valence electrons. The van der Waals surface area contributed by atoms with Gasteiger partial charge < -0.3 is 10.1 Å². The zero-order valence-corrected chi connectivity index (χ0v) is 16.3. The van der Waals surface area contributed by atoms with Crippen LogP contribution in [0.1, 0.15) is 71.6 Å². The van der Waals surface area contributed by atoms with E-state index in [-0.39, 0.29) is 17.7 Å². The molecular weight excluding hydrogens is 350 g/mol. The number of nitrogens with zero attached hydrogens (tertiary/aromatic N) is 1. The van der Waals surface area contributed by atoms with Gasteiger partial charge in [0.2, 0.25) is 6.17 Å². The number of carbonyl (C=O) groups excluding carboxylic acids is 4. The van der Waals surface area contributed by atoms with Crippen molar-refractivity contribution in [3.8, 4) is 0 Å². The molecule has 8 nitrogen and oxygen atoms in total. The molecule has 0 bridgehead atoms. The summed E-state index contributed by atoms with van der Waals surface area (Å²) in [6.07, 6.45) is 7.67. The summed E-state index contributed by atoms with van der Waals surface area (Å²) in [5.41, 5.74) is 0. The molecule has 3 amide bonds. The van der Waals surface area contributed by atoms with Gasteiger partial charge in [0.1, 0.15) is 0 Å². The van der Waals surface area contributed by atoms with E-state index >= 15 is 0 Å². The summed E-state index contributed by atoms with van der Waals surface area (Å²) in [7, 11) is 0. The Bertz CT molecular complexity index is 547. The molecule has 0 radical (unpaired) electrons. The van der Waals surface area contributed by atoms with Crippen LogP contribution in [0.3, 0.4) is 0 Å². The summed E-state index contributed by atoms with van der Waals surface area (Å²) in [6.45, 7) is 4.28. The Kier molecular flexibility index (Phi) is 11.0. The summed E-state index contributed by atoms with van der Waals surface area (Å²) < 4.78 is 4.89. The van der Waals surface area contributed by atoms with Crippen molar-refractivity contribution in [3.63, 3.8) is 0 Å². The molecule has 2 unspecified atom stereocenters. The Labute approximate surface area is 160 Å². The largest absolute Gasteiger partial charge is 0.466 e. The maximum absolute atomic E-state index is 12.4. The number of urea groups is 1. The predicted molar refractivity (Wildman–Crippen MR) is 101 cm³/mol. The molecule has 0 spiro atoms. The van der Waals surface area contributed by atoms with Gasteiger partial charge in [0.05, 0.1) is 12.8 Å². The maximum atomic E-state index is 12.4. The van der Waals surface area contributed by atoms with Crippen LogP contribution in [0.2, 0.25) is 0 Å². The number of hydrogen-bond donors (Lipinski definition) is 2. The third kappa shape index (κ3) is 9.30. The van der Waals surface area contributed by atoms with Gasteiger partial charge in [-0.3, -0.25) is 24.7 Å². The quantitative estimate of drug-likeness (QED) is 0.208. The molecule has 1 rings (SSSR count). The summed E-state index contributed by atoms with van der Waals surface area (Å²) in [4.78, 5) is 50.1. The SMILES string of the molecule is CCCCC(CCCCCCC(=O)OCC)C(=O)C=NC1NC(=O)NC1=O. The lowest BCUT2D eigenvalue weighted by Gasteiger charge is -2.13. The van der Waals surface area contributed by atoms with E-state index in [0.717, 1.165) is 51.4 Å². The van der Waals surface area contributed by atoms with Crippen molar-refractivity contribution in [1.29, 1.82) is 0 Å². The van der Waals surface area contributed by atoms with E-state index in [1.165, 1.54) is 6.21 Å². The standard InChI is InChI=1S/C19H31N3O5/c1-3-5-10-14(11-8-6-7-9-12-16(24)27-4-2)15(23)13-20-17-18(25)22-19(26)21-17/h13-14,17H,3-12H2,1-2H3,(H2,21,22,25,26). The van der Waals surface area contributed by atoms with E-state index in [4.69, 9.17) is 4.74 Å². The molecule has 0 aliphatic carbocycles. The number of amides is 3. The first kappa shape index (κ1) is 22.8. The lowest BCUT2D eigenvalue weighted by molar-refractivity contribution is -0.143. The third-order valence-corrected chi connectivity index (χ3v) is 4.40. The van der Waals surface area contributed by atoms with Gasteiger partial charge in [0.25, 0.3) is 5.91 Å². The van der Waals surface area contributed by atoms with Crippen LogP contribution in [0.5, 0.6) is 0 Å². The van der Waals surface area contributed by atoms with E-state index in [1.54, 1.807) is 6.92 Å². The molecule has 1 heterocycles. The van der Waals surface area contributed by atoms with Gasteiger partial charge in [-0.25, -0.2) is 4.79 Å². The van der Waals surface area contributed by atoms with Gasteiger partial charge in [0, 0.05) is 12.3 Å². The van der Waals surface area contributed by atoms with Gasteiger partial charge in [0.15, 0.2) is 5.78 Å². The number of ketones is 1. The lowest BCUT2D eigenvalue weighted by atomic mass is 9.91. The van der Waals surface area contributed by atoms with Crippen molar-refractivity contribution in [3.05, 3.63) is 0 Å². The predicted octanol–water partition coefficient (Wildman–Crippen LogP) is 2.50. The molecular formula is C19H31N3O5. The number of nitrogens with one attached hydrogen (secondary N) is 2. The smallest absolute Gasteiger partial charge is 0.323 e. The molecule has 1 aliphatic heterocycles. The number of aliphatic imine (C=N–C) groups is 1.